The molecule has 14 heavy (non-hydrogen) atoms. The molecule has 1 rings (SSSR count). The normalized spacial score (nSPS) is 7.50. The molecule has 1 aromatic carbocycles. The second kappa shape index (κ2) is 9.18. The van der Waals surface area contributed by atoms with E-state index >= 15 is 0 Å². The summed E-state index contributed by atoms with van der Waals surface area (Å²) >= 11 is 0. The standard InChI is InChI=1S/C10H15.3ClH.Ti/c1-6-7(2)9(4)10(5)8(6)3;;;;/h1-5H3;3*1H;/q-1;;;;. The van der Waals surface area contributed by atoms with E-state index < -0.39 is 0 Å². The molecule has 0 heterocycles. The third-order valence-electron chi connectivity index (χ3n) is 2.81. The van der Waals surface area contributed by atoms with Crippen molar-refractivity contribution in [2.45, 2.75) is 34.6 Å². The molecule has 0 atom stereocenters. The fourth-order valence-electron chi connectivity index (χ4n) is 1.41. The van der Waals surface area contributed by atoms with E-state index in [0.29, 0.717) is 0 Å². The quantitative estimate of drug-likeness (QED) is 0.496. The van der Waals surface area contributed by atoms with E-state index in [4.69, 9.17) is 0 Å². The Morgan fingerprint density at radius 2 is 0.929 bits per heavy atom. The molecule has 0 nitrogen and oxygen atoms in total. The van der Waals surface area contributed by atoms with Crippen LogP contribution in [-0.2, 0) is 21.7 Å². The largest absolute Gasteiger partial charge is 0.196 e. The van der Waals surface area contributed by atoms with Crippen LogP contribution in [0.4, 0.5) is 0 Å². The average Bonchev–Trinajstić information content (AvgIpc) is 2.07. The topological polar surface area (TPSA) is 0 Å². The summed E-state index contributed by atoms with van der Waals surface area (Å²) in [5, 5.41) is 0. The van der Waals surface area contributed by atoms with Gasteiger partial charge in [-0.15, -0.1) is 37.2 Å². The second-order valence-electron chi connectivity index (χ2n) is 3.12. The van der Waals surface area contributed by atoms with Crippen LogP contribution in [0.1, 0.15) is 27.8 Å². The molecule has 0 saturated heterocycles. The first-order valence-corrected chi connectivity index (χ1v) is 3.75. The van der Waals surface area contributed by atoms with Crippen molar-refractivity contribution in [3.63, 3.8) is 0 Å². The van der Waals surface area contributed by atoms with Crippen molar-refractivity contribution in [3.05, 3.63) is 27.8 Å². The Bertz CT molecular complexity index is 187. The first-order valence-electron chi connectivity index (χ1n) is 3.75. The Kier molecular flexibility index (Phi) is 15.9. The molecular formula is C10H18Cl3Ti-. The molecule has 0 bridgehead atoms. The van der Waals surface area contributed by atoms with Crippen molar-refractivity contribution in [2.75, 3.05) is 0 Å². The molecule has 0 aliphatic heterocycles. The Morgan fingerprint density at radius 3 is 1.00 bits per heavy atom. The van der Waals surface area contributed by atoms with Crippen molar-refractivity contribution < 1.29 is 21.7 Å². The SMILES string of the molecule is Cc1c(C)c(C)[c-](C)c1C.Cl.Cl.Cl.[Ti]. The third-order valence-corrected chi connectivity index (χ3v) is 2.81. The fourth-order valence-corrected chi connectivity index (χ4v) is 1.41. The summed E-state index contributed by atoms with van der Waals surface area (Å²) in [6.45, 7) is 11.0. The molecule has 0 unspecified atom stereocenters. The Morgan fingerprint density at radius 1 is 0.714 bits per heavy atom. The van der Waals surface area contributed by atoms with Crippen molar-refractivity contribution in [1.82, 2.24) is 0 Å². The summed E-state index contributed by atoms with van der Waals surface area (Å²) in [5.74, 6) is 0. The Labute approximate surface area is 121 Å². The van der Waals surface area contributed by atoms with Crippen LogP contribution < -0.4 is 0 Å². The minimum Gasteiger partial charge on any atom is -0.196 e. The van der Waals surface area contributed by atoms with Gasteiger partial charge in [0.2, 0.25) is 0 Å². The van der Waals surface area contributed by atoms with Gasteiger partial charge in [0.25, 0.3) is 0 Å². The van der Waals surface area contributed by atoms with Crippen molar-refractivity contribution in [3.8, 4) is 0 Å². The molecule has 0 radical (unpaired) electrons. The van der Waals surface area contributed by atoms with E-state index in [9.17, 15) is 0 Å². The number of halogens is 3. The van der Waals surface area contributed by atoms with E-state index in [-0.39, 0.29) is 58.9 Å². The average molecular weight is 292 g/mol. The van der Waals surface area contributed by atoms with Gasteiger partial charge in [0.1, 0.15) is 0 Å². The van der Waals surface area contributed by atoms with Gasteiger partial charge in [-0.25, -0.2) is 0 Å². The predicted octanol–water partition coefficient (Wildman–Crippen LogP) is 4.21. The van der Waals surface area contributed by atoms with Crippen LogP contribution >= 0.6 is 37.2 Å². The zero-order valence-corrected chi connectivity index (χ0v) is 13.2. The van der Waals surface area contributed by atoms with Gasteiger partial charge in [-0.1, -0.05) is 34.6 Å². The Balaban J connectivity index is -0.000000125. The minimum absolute atomic E-state index is 0. The first kappa shape index (κ1) is 24.3. The summed E-state index contributed by atoms with van der Waals surface area (Å²) in [6, 6.07) is 0. The fraction of sp³-hybridized carbons (Fsp3) is 0.500. The first-order chi connectivity index (χ1) is 4.55. The number of hydrogen-bond acceptors (Lipinski definition) is 0. The zero-order valence-electron chi connectivity index (χ0n) is 9.22. The van der Waals surface area contributed by atoms with Crippen LogP contribution in [0.25, 0.3) is 0 Å². The van der Waals surface area contributed by atoms with E-state index in [1.54, 1.807) is 0 Å². The molecule has 0 spiro atoms. The van der Waals surface area contributed by atoms with Gasteiger partial charge in [-0.3, -0.25) is 0 Å². The zero-order chi connectivity index (χ0) is 7.89. The van der Waals surface area contributed by atoms with Crippen LogP contribution in [-0.4, -0.2) is 0 Å². The molecule has 1 aromatic rings. The van der Waals surface area contributed by atoms with E-state index in [0.717, 1.165) is 0 Å². The summed E-state index contributed by atoms with van der Waals surface area (Å²) < 4.78 is 0. The second-order valence-corrected chi connectivity index (χ2v) is 3.12. The van der Waals surface area contributed by atoms with Gasteiger partial charge in [0, 0.05) is 21.7 Å². The summed E-state index contributed by atoms with van der Waals surface area (Å²) in [5.41, 5.74) is 7.34. The molecular weight excluding hydrogens is 274 g/mol. The van der Waals surface area contributed by atoms with Crippen LogP contribution in [0, 0.1) is 34.6 Å². The molecule has 0 saturated carbocycles. The van der Waals surface area contributed by atoms with Crippen molar-refractivity contribution in [1.29, 1.82) is 0 Å². The van der Waals surface area contributed by atoms with Crippen molar-refractivity contribution >= 4 is 37.2 Å². The van der Waals surface area contributed by atoms with Gasteiger partial charge in [-0.05, 0) is 0 Å². The molecule has 0 aromatic heterocycles. The maximum absolute atomic E-state index is 2.20. The van der Waals surface area contributed by atoms with E-state index in [1.165, 1.54) is 27.8 Å². The molecule has 4 heteroatoms. The van der Waals surface area contributed by atoms with Crippen LogP contribution in [0.3, 0.4) is 0 Å². The summed E-state index contributed by atoms with van der Waals surface area (Å²) in [6.07, 6.45) is 0. The molecule has 0 fully saturated rings. The van der Waals surface area contributed by atoms with E-state index in [2.05, 4.69) is 34.6 Å². The van der Waals surface area contributed by atoms with Crippen LogP contribution in [0.5, 0.6) is 0 Å². The smallest absolute Gasteiger partial charge is 0 e. The summed E-state index contributed by atoms with van der Waals surface area (Å²) in [7, 11) is 0. The van der Waals surface area contributed by atoms with E-state index in [1.807, 2.05) is 0 Å². The van der Waals surface area contributed by atoms with Crippen LogP contribution in [0.2, 0.25) is 0 Å². The number of hydrogen-bond donors (Lipinski definition) is 0. The minimum atomic E-state index is 0. The summed E-state index contributed by atoms with van der Waals surface area (Å²) in [4.78, 5) is 0. The molecule has 84 valence electrons. The molecule has 0 amide bonds. The maximum atomic E-state index is 2.20. The van der Waals surface area contributed by atoms with Gasteiger partial charge >= 0.3 is 0 Å². The van der Waals surface area contributed by atoms with Gasteiger partial charge < -0.3 is 0 Å². The molecule has 0 N–H and O–H groups in total. The van der Waals surface area contributed by atoms with Gasteiger partial charge in [-0.2, -0.15) is 27.8 Å². The number of rotatable bonds is 0. The molecule has 0 aliphatic rings. The maximum Gasteiger partial charge on any atom is 0 e. The monoisotopic (exact) mass is 291 g/mol. The third kappa shape index (κ3) is 4.20. The molecule has 0 aliphatic carbocycles. The van der Waals surface area contributed by atoms with Gasteiger partial charge in [0.15, 0.2) is 0 Å². The van der Waals surface area contributed by atoms with Crippen molar-refractivity contribution in [2.24, 2.45) is 0 Å². The van der Waals surface area contributed by atoms with Crippen LogP contribution in [0.15, 0.2) is 0 Å². The Hall–Kier alpha value is 0.934. The van der Waals surface area contributed by atoms with Gasteiger partial charge in [0.05, 0.1) is 0 Å². The predicted molar refractivity (Wildman–Crippen MR) is 67.5 cm³/mol.